The first-order valence-corrected chi connectivity index (χ1v) is 7.33. The second-order valence-electron chi connectivity index (χ2n) is 5.99. The van der Waals surface area contributed by atoms with Crippen LogP contribution in [0.15, 0.2) is 12.1 Å². The van der Waals surface area contributed by atoms with Gasteiger partial charge in [0.25, 0.3) is 5.91 Å². The molecule has 0 atom stereocenters. The number of carbonyl (C=O) groups excluding carboxylic acids is 1. The molecule has 0 radical (unpaired) electrons. The quantitative estimate of drug-likeness (QED) is 0.765. The number of hydrogen-bond acceptors (Lipinski definition) is 3. The molecule has 5 nitrogen and oxygen atoms in total. The molecule has 1 fully saturated rings. The summed E-state index contributed by atoms with van der Waals surface area (Å²) in [6.45, 7) is 1.26. The van der Waals surface area contributed by atoms with E-state index in [9.17, 15) is 9.90 Å². The summed E-state index contributed by atoms with van der Waals surface area (Å²) < 4.78 is 0. The third-order valence-corrected chi connectivity index (χ3v) is 3.94. The molecular formula is C15H25N3O2. The first-order valence-electron chi connectivity index (χ1n) is 7.33. The van der Waals surface area contributed by atoms with Gasteiger partial charge < -0.3 is 20.3 Å². The van der Waals surface area contributed by atoms with Crippen LogP contribution in [0, 0.1) is 0 Å². The van der Waals surface area contributed by atoms with E-state index in [0.717, 1.165) is 31.4 Å². The maximum Gasteiger partial charge on any atom is 0.269 e. The Morgan fingerprint density at radius 2 is 2.05 bits per heavy atom. The topological polar surface area (TPSA) is 68.4 Å². The third-order valence-electron chi connectivity index (χ3n) is 3.94. The summed E-state index contributed by atoms with van der Waals surface area (Å²) in [5.41, 5.74) is 1.02. The minimum absolute atomic E-state index is 0.0258. The lowest BCUT2D eigenvalue weighted by molar-refractivity contribution is 0.00462. The van der Waals surface area contributed by atoms with Crippen LogP contribution in [0.25, 0.3) is 0 Å². The first kappa shape index (κ1) is 15.1. The zero-order valence-electron chi connectivity index (χ0n) is 12.4. The van der Waals surface area contributed by atoms with Crippen LogP contribution in [0.5, 0.6) is 0 Å². The fourth-order valence-corrected chi connectivity index (χ4v) is 2.73. The second kappa shape index (κ2) is 6.41. The average Bonchev–Trinajstić information content (AvgIpc) is 2.87. The van der Waals surface area contributed by atoms with E-state index in [1.165, 1.54) is 6.42 Å². The zero-order chi connectivity index (χ0) is 14.6. The molecule has 0 spiro atoms. The van der Waals surface area contributed by atoms with E-state index in [2.05, 4.69) is 10.3 Å². The molecule has 2 rings (SSSR count). The maximum absolute atomic E-state index is 11.8. The predicted molar refractivity (Wildman–Crippen MR) is 78.6 cm³/mol. The minimum Gasteiger partial charge on any atom is -0.389 e. The Hall–Kier alpha value is -1.33. The Bertz CT molecular complexity index is 448. The van der Waals surface area contributed by atoms with Crippen LogP contribution in [0.2, 0.25) is 0 Å². The lowest BCUT2D eigenvalue weighted by atomic mass is 9.85. The van der Waals surface area contributed by atoms with Gasteiger partial charge in [-0.2, -0.15) is 0 Å². The number of amides is 1. The Morgan fingerprint density at radius 1 is 1.35 bits per heavy atom. The summed E-state index contributed by atoms with van der Waals surface area (Å²) in [7, 11) is 3.47. The highest BCUT2D eigenvalue weighted by Crippen LogP contribution is 2.27. The lowest BCUT2D eigenvalue weighted by Gasteiger charge is -2.32. The smallest absolute Gasteiger partial charge is 0.269 e. The molecule has 3 N–H and O–H groups in total. The molecule has 0 aliphatic heterocycles. The third kappa shape index (κ3) is 3.84. The monoisotopic (exact) mass is 279 g/mol. The highest BCUT2D eigenvalue weighted by Gasteiger charge is 2.28. The van der Waals surface area contributed by atoms with Crippen molar-refractivity contribution in [3.63, 3.8) is 0 Å². The fraction of sp³-hybridized carbons (Fsp3) is 0.667. The van der Waals surface area contributed by atoms with Crippen molar-refractivity contribution in [2.45, 2.75) is 44.2 Å². The van der Waals surface area contributed by atoms with Crippen LogP contribution in [-0.2, 0) is 6.54 Å². The predicted octanol–water partition coefficient (Wildman–Crippen LogP) is 1.50. The largest absolute Gasteiger partial charge is 0.389 e. The molecule has 1 aromatic heterocycles. The molecule has 112 valence electrons. The molecule has 1 amide bonds. The summed E-state index contributed by atoms with van der Waals surface area (Å²) in [4.78, 5) is 16.4. The van der Waals surface area contributed by atoms with E-state index < -0.39 is 5.60 Å². The van der Waals surface area contributed by atoms with Crippen LogP contribution < -0.4 is 5.32 Å². The lowest BCUT2D eigenvalue weighted by Crippen LogP contribution is -2.41. The van der Waals surface area contributed by atoms with E-state index in [0.29, 0.717) is 18.8 Å². The van der Waals surface area contributed by atoms with Gasteiger partial charge >= 0.3 is 0 Å². The van der Waals surface area contributed by atoms with Crippen LogP contribution in [0.3, 0.4) is 0 Å². The van der Waals surface area contributed by atoms with Crippen molar-refractivity contribution in [1.29, 1.82) is 0 Å². The van der Waals surface area contributed by atoms with Gasteiger partial charge in [-0.1, -0.05) is 19.3 Å². The van der Waals surface area contributed by atoms with Crippen molar-refractivity contribution in [3.8, 4) is 0 Å². The minimum atomic E-state index is -0.548. The van der Waals surface area contributed by atoms with Crippen molar-refractivity contribution in [2.75, 3.05) is 20.6 Å². The van der Waals surface area contributed by atoms with E-state index in [4.69, 9.17) is 0 Å². The number of rotatable bonds is 5. The number of aromatic amines is 1. The number of aliphatic hydroxyl groups is 1. The molecule has 1 aliphatic rings. The molecule has 0 unspecified atom stereocenters. The zero-order valence-corrected chi connectivity index (χ0v) is 12.4. The number of nitrogens with one attached hydrogen (secondary N) is 2. The Balaban J connectivity index is 1.81. The van der Waals surface area contributed by atoms with E-state index in [1.54, 1.807) is 25.1 Å². The Labute approximate surface area is 120 Å². The van der Waals surface area contributed by atoms with Gasteiger partial charge in [-0.3, -0.25) is 4.79 Å². The SMILES string of the molecule is CN(C)C(=O)c1ccc(CNCC2(O)CCCCC2)[nH]1. The Kier molecular flexibility index (Phi) is 4.83. The Morgan fingerprint density at radius 3 is 2.70 bits per heavy atom. The number of nitrogens with zero attached hydrogens (tertiary/aromatic N) is 1. The van der Waals surface area contributed by atoms with Crippen LogP contribution in [-0.4, -0.2) is 47.1 Å². The van der Waals surface area contributed by atoms with Gasteiger partial charge in [-0.15, -0.1) is 0 Å². The molecule has 1 aliphatic carbocycles. The maximum atomic E-state index is 11.8. The van der Waals surface area contributed by atoms with Crippen molar-refractivity contribution in [2.24, 2.45) is 0 Å². The first-order chi connectivity index (χ1) is 9.50. The number of hydrogen-bond donors (Lipinski definition) is 3. The summed E-state index contributed by atoms with van der Waals surface area (Å²) in [6.07, 6.45) is 5.23. The summed E-state index contributed by atoms with van der Waals surface area (Å²) in [5.74, 6) is -0.0258. The molecular weight excluding hydrogens is 254 g/mol. The van der Waals surface area contributed by atoms with E-state index in [-0.39, 0.29) is 5.91 Å². The standard InChI is InChI=1S/C15H25N3O2/c1-18(2)14(19)13-7-6-12(17-13)10-16-11-15(20)8-4-3-5-9-15/h6-7,16-17,20H,3-5,8-11H2,1-2H3. The van der Waals surface area contributed by atoms with Gasteiger partial charge in [0.2, 0.25) is 0 Å². The molecule has 1 aromatic rings. The summed E-state index contributed by atoms with van der Waals surface area (Å²) in [5, 5.41) is 13.7. The molecule has 5 heteroatoms. The summed E-state index contributed by atoms with van der Waals surface area (Å²) in [6, 6.07) is 3.71. The van der Waals surface area contributed by atoms with E-state index in [1.807, 2.05) is 6.07 Å². The van der Waals surface area contributed by atoms with Crippen LogP contribution in [0.4, 0.5) is 0 Å². The normalized spacial score (nSPS) is 17.9. The van der Waals surface area contributed by atoms with Crippen LogP contribution >= 0.6 is 0 Å². The van der Waals surface area contributed by atoms with Gasteiger partial charge in [0.1, 0.15) is 5.69 Å². The fourth-order valence-electron chi connectivity index (χ4n) is 2.73. The summed E-state index contributed by atoms with van der Waals surface area (Å²) >= 11 is 0. The highest BCUT2D eigenvalue weighted by atomic mass is 16.3. The molecule has 0 saturated heterocycles. The molecule has 0 bridgehead atoms. The molecule has 0 aromatic carbocycles. The van der Waals surface area contributed by atoms with Gasteiger partial charge in [0, 0.05) is 32.9 Å². The molecule has 1 heterocycles. The van der Waals surface area contributed by atoms with Gasteiger partial charge in [0.05, 0.1) is 5.60 Å². The highest BCUT2D eigenvalue weighted by molar-refractivity contribution is 5.92. The van der Waals surface area contributed by atoms with Crippen LogP contribution in [0.1, 0.15) is 48.3 Å². The van der Waals surface area contributed by atoms with Gasteiger partial charge in [-0.25, -0.2) is 0 Å². The van der Waals surface area contributed by atoms with E-state index >= 15 is 0 Å². The number of carbonyl (C=O) groups is 1. The van der Waals surface area contributed by atoms with Crippen molar-refractivity contribution in [1.82, 2.24) is 15.2 Å². The van der Waals surface area contributed by atoms with Crippen molar-refractivity contribution >= 4 is 5.91 Å². The molecule has 1 saturated carbocycles. The second-order valence-corrected chi connectivity index (χ2v) is 5.99. The molecule has 20 heavy (non-hydrogen) atoms. The van der Waals surface area contributed by atoms with Gasteiger partial charge in [0.15, 0.2) is 0 Å². The van der Waals surface area contributed by atoms with Crippen molar-refractivity contribution < 1.29 is 9.90 Å². The average molecular weight is 279 g/mol. The number of H-pyrrole nitrogens is 1. The van der Waals surface area contributed by atoms with Gasteiger partial charge in [-0.05, 0) is 25.0 Å². The van der Waals surface area contributed by atoms with Crippen molar-refractivity contribution in [3.05, 3.63) is 23.5 Å². The number of aromatic nitrogens is 1.